The molecule has 1 aliphatic rings. The van der Waals surface area contributed by atoms with Crippen molar-refractivity contribution in [3.63, 3.8) is 0 Å². The van der Waals surface area contributed by atoms with Crippen molar-refractivity contribution in [2.45, 2.75) is 45.7 Å². The number of hydrogen-bond acceptors (Lipinski definition) is 2. The Morgan fingerprint density at radius 2 is 2.04 bits per heavy atom. The Kier molecular flexibility index (Phi) is 9.66. The number of nitrogens with one attached hydrogen (secondary N) is 1. The van der Waals surface area contributed by atoms with E-state index in [1.54, 1.807) is 0 Å². The molecule has 1 unspecified atom stereocenters. The van der Waals surface area contributed by atoms with Crippen LogP contribution in [0.2, 0.25) is 0 Å². The van der Waals surface area contributed by atoms with Crippen LogP contribution in [0.5, 0.6) is 0 Å². The number of halogens is 1. The summed E-state index contributed by atoms with van der Waals surface area (Å²) >= 11 is 0. The number of nitrogens with zero attached hydrogens (tertiary/aromatic N) is 3. The number of guanidine groups is 1. The normalized spacial score (nSPS) is 16.1. The average molecular weight is 444 g/mol. The van der Waals surface area contributed by atoms with Crippen molar-refractivity contribution in [1.82, 2.24) is 15.1 Å². The fraction of sp³-hybridized carbons (Fsp3) is 0.632. The van der Waals surface area contributed by atoms with Crippen molar-refractivity contribution >= 4 is 29.9 Å². The predicted molar refractivity (Wildman–Crippen MR) is 114 cm³/mol. The van der Waals surface area contributed by atoms with E-state index in [0.29, 0.717) is 6.04 Å². The number of hydrogen-bond donors (Lipinski definition) is 1. The Morgan fingerprint density at radius 3 is 2.71 bits per heavy atom. The summed E-state index contributed by atoms with van der Waals surface area (Å²) in [5.41, 5.74) is 2.99. The number of unbranched alkanes of at least 4 members (excludes halogenated alkanes) is 1. The highest BCUT2D eigenvalue weighted by molar-refractivity contribution is 14.0. The standard InChI is InChI=1S/C19H32N4.HI/c1-5-6-12-22(4)19(20-3)21-14-16(2)23-13-11-17-9-7-8-10-18(17)15-23;/h7-10,16H,5-6,11-15H2,1-4H3,(H,20,21);1H. The van der Waals surface area contributed by atoms with E-state index in [1.165, 1.54) is 24.0 Å². The molecular formula is C19H33IN4. The predicted octanol–water partition coefficient (Wildman–Crippen LogP) is 3.36. The summed E-state index contributed by atoms with van der Waals surface area (Å²) in [7, 11) is 3.99. The minimum Gasteiger partial charge on any atom is -0.355 e. The van der Waals surface area contributed by atoms with Gasteiger partial charge in [-0.15, -0.1) is 24.0 Å². The number of aliphatic imine (C=N–C) groups is 1. The smallest absolute Gasteiger partial charge is 0.193 e. The monoisotopic (exact) mass is 444 g/mol. The Bertz CT molecular complexity index is 518. The van der Waals surface area contributed by atoms with Gasteiger partial charge >= 0.3 is 0 Å². The number of fused-ring (bicyclic) bond motifs is 1. The van der Waals surface area contributed by atoms with Gasteiger partial charge in [-0.2, -0.15) is 0 Å². The quantitative estimate of drug-likeness (QED) is 0.415. The summed E-state index contributed by atoms with van der Waals surface area (Å²) in [5.74, 6) is 1.00. The second kappa shape index (κ2) is 10.9. The average Bonchev–Trinajstić information content (AvgIpc) is 2.59. The van der Waals surface area contributed by atoms with Gasteiger partial charge in [-0.3, -0.25) is 9.89 Å². The third-order valence-electron chi connectivity index (χ3n) is 4.76. The van der Waals surface area contributed by atoms with E-state index in [4.69, 9.17) is 0 Å². The van der Waals surface area contributed by atoms with Gasteiger partial charge in [0.1, 0.15) is 0 Å². The second-order valence-corrected chi connectivity index (χ2v) is 6.54. The molecule has 0 saturated carbocycles. The third kappa shape index (κ3) is 5.92. The first-order valence-corrected chi connectivity index (χ1v) is 8.88. The molecule has 5 heteroatoms. The summed E-state index contributed by atoms with van der Waals surface area (Å²) in [6.45, 7) is 8.72. The van der Waals surface area contributed by atoms with Crippen LogP contribution >= 0.6 is 24.0 Å². The van der Waals surface area contributed by atoms with Gasteiger partial charge in [0.2, 0.25) is 0 Å². The molecule has 1 aromatic rings. The third-order valence-corrected chi connectivity index (χ3v) is 4.76. The summed E-state index contributed by atoms with van der Waals surface area (Å²) in [6, 6.07) is 9.32. The molecule has 0 aliphatic carbocycles. The Labute approximate surface area is 164 Å². The lowest BCUT2D eigenvalue weighted by atomic mass is 9.99. The van der Waals surface area contributed by atoms with Gasteiger partial charge < -0.3 is 10.2 Å². The Balaban J connectivity index is 0.00000288. The van der Waals surface area contributed by atoms with Gasteiger partial charge in [-0.25, -0.2) is 0 Å². The zero-order chi connectivity index (χ0) is 16.7. The first-order valence-electron chi connectivity index (χ1n) is 8.88. The fourth-order valence-corrected chi connectivity index (χ4v) is 3.15. The highest BCUT2D eigenvalue weighted by atomic mass is 127. The van der Waals surface area contributed by atoms with E-state index in [-0.39, 0.29) is 24.0 Å². The SMILES string of the molecule is CCCCN(C)C(=NC)NCC(C)N1CCc2ccccc2C1.I. The largest absolute Gasteiger partial charge is 0.355 e. The van der Waals surface area contributed by atoms with E-state index in [1.807, 2.05) is 7.05 Å². The van der Waals surface area contributed by atoms with E-state index >= 15 is 0 Å². The molecule has 2 rings (SSSR count). The molecule has 24 heavy (non-hydrogen) atoms. The summed E-state index contributed by atoms with van der Waals surface area (Å²) in [5, 5.41) is 3.53. The van der Waals surface area contributed by atoms with Crippen LogP contribution in [0.4, 0.5) is 0 Å². The summed E-state index contributed by atoms with van der Waals surface area (Å²) in [6.07, 6.45) is 3.58. The van der Waals surface area contributed by atoms with Crippen LogP contribution in [-0.2, 0) is 13.0 Å². The Morgan fingerprint density at radius 1 is 1.33 bits per heavy atom. The van der Waals surface area contributed by atoms with Gasteiger partial charge in [0.15, 0.2) is 5.96 Å². The molecule has 0 spiro atoms. The molecule has 136 valence electrons. The first kappa shape index (κ1) is 21.2. The first-order chi connectivity index (χ1) is 11.2. The lowest BCUT2D eigenvalue weighted by Gasteiger charge is -2.34. The van der Waals surface area contributed by atoms with Gasteiger partial charge in [-0.05, 0) is 30.9 Å². The zero-order valence-electron chi connectivity index (χ0n) is 15.6. The van der Waals surface area contributed by atoms with Crippen LogP contribution < -0.4 is 5.32 Å². The molecule has 0 amide bonds. The molecular weight excluding hydrogens is 411 g/mol. The lowest BCUT2D eigenvalue weighted by Crippen LogP contribution is -2.47. The highest BCUT2D eigenvalue weighted by Gasteiger charge is 2.20. The molecule has 1 atom stereocenters. The van der Waals surface area contributed by atoms with E-state index in [9.17, 15) is 0 Å². The van der Waals surface area contributed by atoms with Crippen molar-refractivity contribution in [3.8, 4) is 0 Å². The van der Waals surface area contributed by atoms with Crippen molar-refractivity contribution in [2.24, 2.45) is 4.99 Å². The van der Waals surface area contributed by atoms with Crippen LogP contribution in [-0.4, -0.2) is 55.5 Å². The molecule has 4 nitrogen and oxygen atoms in total. The Hall–Kier alpha value is -0.820. The molecule has 0 fully saturated rings. The van der Waals surface area contributed by atoms with Gasteiger partial charge in [-0.1, -0.05) is 37.6 Å². The van der Waals surface area contributed by atoms with Crippen LogP contribution in [0, 0.1) is 0 Å². The number of rotatable bonds is 6. The molecule has 1 aliphatic heterocycles. The zero-order valence-corrected chi connectivity index (χ0v) is 17.9. The van der Waals surface area contributed by atoms with Crippen LogP contribution in [0.25, 0.3) is 0 Å². The maximum atomic E-state index is 4.41. The molecule has 1 aromatic carbocycles. The van der Waals surface area contributed by atoms with Crippen LogP contribution in [0.3, 0.4) is 0 Å². The highest BCUT2D eigenvalue weighted by Crippen LogP contribution is 2.19. The second-order valence-electron chi connectivity index (χ2n) is 6.54. The molecule has 0 aromatic heterocycles. The van der Waals surface area contributed by atoms with E-state index in [2.05, 4.69) is 65.3 Å². The number of benzene rings is 1. The molecule has 1 heterocycles. The maximum Gasteiger partial charge on any atom is 0.193 e. The van der Waals surface area contributed by atoms with Crippen molar-refractivity contribution < 1.29 is 0 Å². The van der Waals surface area contributed by atoms with E-state index in [0.717, 1.165) is 38.6 Å². The van der Waals surface area contributed by atoms with Crippen LogP contribution in [0.1, 0.15) is 37.8 Å². The minimum atomic E-state index is 0. The van der Waals surface area contributed by atoms with E-state index < -0.39 is 0 Å². The van der Waals surface area contributed by atoms with Crippen molar-refractivity contribution in [1.29, 1.82) is 0 Å². The summed E-state index contributed by atoms with van der Waals surface area (Å²) < 4.78 is 0. The lowest BCUT2D eigenvalue weighted by molar-refractivity contribution is 0.190. The topological polar surface area (TPSA) is 30.9 Å². The molecule has 1 N–H and O–H groups in total. The molecule has 0 bridgehead atoms. The summed E-state index contributed by atoms with van der Waals surface area (Å²) in [4.78, 5) is 9.19. The van der Waals surface area contributed by atoms with Gasteiger partial charge in [0.25, 0.3) is 0 Å². The van der Waals surface area contributed by atoms with Gasteiger partial charge in [0.05, 0.1) is 0 Å². The minimum absolute atomic E-state index is 0. The maximum absolute atomic E-state index is 4.41. The fourth-order valence-electron chi connectivity index (χ4n) is 3.15. The van der Waals surface area contributed by atoms with Crippen molar-refractivity contribution in [3.05, 3.63) is 35.4 Å². The van der Waals surface area contributed by atoms with Crippen LogP contribution in [0.15, 0.2) is 29.3 Å². The molecule has 0 saturated heterocycles. The molecule has 0 radical (unpaired) electrons. The van der Waals surface area contributed by atoms with Gasteiger partial charge in [0, 0.05) is 46.3 Å². The van der Waals surface area contributed by atoms with Crippen molar-refractivity contribution in [2.75, 3.05) is 33.7 Å².